The van der Waals surface area contributed by atoms with Crippen molar-refractivity contribution in [3.05, 3.63) is 26.7 Å². The predicted octanol–water partition coefficient (Wildman–Crippen LogP) is 3.44. The van der Waals surface area contributed by atoms with Crippen molar-refractivity contribution in [1.29, 1.82) is 0 Å². The van der Waals surface area contributed by atoms with Crippen LogP contribution < -0.4 is 11.3 Å². The van der Waals surface area contributed by atoms with Crippen LogP contribution in [0.5, 0.6) is 0 Å². The van der Waals surface area contributed by atoms with Crippen LogP contribution >= 0.6 is 27.3 Å². The molecule has 2 heterocycles. The van der Waals surface area contributed by atoms with Crippen LogP contribution in [0.2, 0.25) is 0 Å². The number of hydrogen-bond donors (Lipinski definition) is 2. The summed E-state index contributed by atoms with van der Waals surface area (Å²) in [4.78, 5) is 11.6. The Morgan fingerprint density at radius 3 is 2.79 bits per heavy atom. The lowest BCUT2D eigenvalue weighted by Crippen LogP contribution is -2.16. The molecule has 6 heteroatoms. The highest BCUT2D eigenvalue weighted by Gasteiger charge is 2.19. The SMILES string of the molecule is Cc1sc(-c2nc3c(c(NN)n2)CCCC3)cc1Br. The lowest BCUT2D eigenvalue weighted by molar-refractivity contribution is 0.665. The summed E-state index contributed by atoms with van der Waals surface area (Å²) in [5.74, 6) is 7.16. The maximum Gasteiger partial charge on any atom is 0.171 e. The lowest BCUT2D eigenvalue weighted by Gasteiger charge is -2.18. The van der Waals surface area contributed by atoms with Gasteiger partial charge in [0.1, 0.15) is 5.82 Å². The first-order chi connectivity index (χ1) is 9.19. The molecule has 0 radical (unpaired) electrons. The van der Waals surface area contributed by atoms with Gasteiger partial charge in [0.15, 0.2) is 5.82 Å². The quantitative estimate of drug-likeness (QED) is 0.650. The number of halogens is 1. The molecule has 4 nitrogen and oxygen atoms in total. The standard InChI is InChI=1S/C13H15BrN4S/c1-7-9(14)6-11(19-7)13-16-10-5-3-2-4-8(10)12(17-13)18-15/h6H,2-5,15H2,1H3,(H,16,17,18). The Balaban J connectivity index is 2.11. The van der Waals surface area contributed by atoms with Gasteiger partial charge in [0.25, 0.3) is 0 Å². The third-order valence-electron chi connectivity index (χ3n) is 3.40. The minimum atomic E-state index is 0.771. The molecule has 0 saturated carbocycles. The normalized spacial score (nSPS) is 14.3. The average molecular weight is 339 g/mol. The second-order valence-corrected chi connectivity index (χ2v) is 6.80. The molecule has 3 rings (SSSR count). The zero-order valence-corrected chi connectivity index (χ0v) is 13.1. The molecule has 0 aromatic carbocycles. The summed E-state index contributed by atoms with van der Waals surface area (Å²) in [5, 5.41) is 0. The Morgan fingerprint density at radius 2 is 2.11 bits per heavy atom. The van der Waals surface area contributed by atoms with Crippen molar-refractivity contribution in [1.82, 2.24) is 9.97 Å². The van der Waals surface area contributed by atoms with E-state index in [1.165, 1.54) is 23.3 Å². The van der Waals surface area contributed by atoms with Gasteiger partial charge in [-0.15, -0.1) is 11.3 Å². The van der Waals surface area contributed by atoms with Crippen molar-refractivity contribution >= 4 is 33.1 Å². The van der Waals surface area contributed by atoms with Gasteiger partial charge in [-0.3, -0.25) is 0 Å². The zero-order valence-electron chi connectivity index (χ0n) is 10.7. The van der Waals surface area contributed by atoms with Crippen molar-refractivity contribution in [2.75, 3.05) is 5.43 Å². The minimum absolute atomic E-state index is 0.771. The van der Waals surface area contributed by atoms with E-state index in [-0.39, 0.29) is 0 Å². The second kappa shape index (κ2) is 5.19. The van der Waals surface area contributed by atoms with E-state index in [9.17, 15) is 0 Å². The smallest absolute Gasteiger partial charge is 0.171 e. The van der Waals surface area contributed by atoms with Crippen molar-refractivity contribution in [3.63, 3.8) is 0 Å². The van der Waals surface area contributed by atoms with Crippen LogP contribution in [0, 0.1) is 6.92 Å². The molecule has 2 aromatic heterocycles. The van der Waals surface area contributed by atoms with Crippen LogP contribution in [0.4, 0.5) is 5.82 Å². The Morgan fingerprint density at radius 1 is 1.32 bits per heavy atom. The van der Waals surface area contributed by atoms with Crippen molar-refractivity contribution in [2.24, 2.45) is 5.84 Å². The van der Waals surface area contributed by atoms with Crippen LogP contribution in [0.1, 0.15) is 29.0 Å². The Bertz CT molecular complexity index is 587. The number of nitrogens with zero attached hydrogens (tertiary/aromatic N) is 2. The third-order valence-corrected chi connectivity index (χ3v) is 5.53. The van der Waals surface area contributed by atoms with E-state index in [4.69, 9.17) is 10.8 Å². The van der Waals surface area contributed by atoms with Gasteiger partial charge in [-0.2, -0.15) is 0 Å². The summed E-state index contributed by atoms with van der Waals surface area (Å²) >= 11 is 5.24. The van der Waals surface area contributed by atoms with Gasteiger partial charge in [-0.1, -0.05) is 0 Å². The van der Waals surface area contributed by atoms with Crippen molar-refractivity contribution in [2.45, 2.75) is 32.6 Å². The molecule has 100 valence electrons. The molecule has 1 aliphatic rings. The fourth-order valence-corrected chi connectivity index (χ4v) is 3.86. The molecule has 0 spiro atoms. The first-order valence-electron chi connectivity index (χ1n) is 6.31. The number of nitrogens with two attached hydrogens (primary N) is 1. The number of nitrogens with one attached hydrogen (secondary N) is 1. The molecule has 2 aromatic rings. The first-order valence-corrected chi connectivity index (χ1v) is 7.92. The van der Waals surface area contributed by atoms with E-state index in [1.807, 2.05) is 0 Å². The predicted molar refractivity (Wildman–Crippen MR) is 82.2 cm³/mol. The summed E-state index contributed by atoms with van der Waals surface area (Å²) in [7, 11) is 0. The zero-order chi connectivity index (χ0) is 13.4. The summed E-state index contributed by atoms with van der Waals surface area (Å²) in [6, 6.07) is 2.07. The van der Waals surface area contributed by atoms with Gasteiger partial charge in [0, 0.05) is 20.6 Å². The van der Waals surface area contributed by atoms with Crippen LogP contribution in [-0.2, 0) is 12.8 Å². The van der Waals surface area contributed by atoms with E-state index in [0.717, 1.165) is 39.5 Å². The highest BCUT2D eigenvalue weighted by Crippen LogP contribution is 2.34. The van der Waals surface area contributed by atoms with Gasteiger partial charge < -0.3 is 5.43 Å². The van der Waals surface area contributed by atoms with Gasteiger partial charge in [0.05, 0.1) is 4.88 Å². The van der Waals surface area contributed by atoms with E-state index < -0.39 is 0 Å². The van der Waals surface area contributed by atoms with Crippen LogP contribution in [0.3, 0.4) is 0 Å². The van der Waals surface area contributed by atoms with E-state index in [0.29, 0.717) is 0 Å². The highest BCUT2D eigenvalue weighted by atomic mass is 79.9. The number of aryl methyl sites for hydroxylation is 2. The lowest BCUT2D eigenvalue weighted by atomic mass is 9.96. The summed E-state index contributed by atoms with van der Waals surface area (Å²) in [6.45, 7) is 2.08. The Labute approximate surface area is 124 Å². The number of hydrazine groups is 1. The second-order valence-electron chi connectivity index (χ2n) is 4.69. The first kappa shape index (κ1) is 13.0. The highest BCUT2D eigenvalue weighted by molar-refractivity contribution is 9.10. The van der Waals surface area contributed by atoms with E-state index in [2.05, 4.69) is 39.3 Å². The van der Waals surface area contributed by atoms with Crippen LogP contribution in [0.25, 0.3) is 10.7 Å². The van der Waals surface area contributed by atoms with Crippen LogP contribution in [0.15, 0.2) is 10.5 Å². The molecule has 0 bridgehead atoms. The molecule has 0 saturated heterocycles. The number of nitrogen functional groups attached to an aromatic ring is 1. The maximum atomic E-state index is 5.61. The summed E-state index contributed by atoms with van der Waals surface area (Å²) in [5.41, 5.74) is 5.06. The fraction of sp³-hybridized carbons (Fsp3) is 0.385. The minimum Gasteiger partial charge on any atom is -0.308 e. The largest absolute Gasteiger partial charge is 0.308 e. The maximum absolute atomic E-state index is 5.61. The third kappa shape index (κ3) is 2.40. The number of anilines is 1. The fourth-order valence-electron chi connectivity index (χ4n) is 2.39. The van der Waals surface area contributed by atoms with E-state index in [1.54, 1.807) is 11.3 Å². The van der Waals surface area contributed by atoms with Gasteiger partial charge in [-0.25, -0.2) is 15.8 Å². The summed E-state index contributed by atoms with van der Waals surface area (Å²) in [6.07, 6.45) is 4.42. The number of hydrogen-bond acceptors (Lipinski definition) is 5. The molecule has 0 unspecified atom stereocenters. The molecular weight excluding hydrogens is 324 g/mol. The molecule has 0 amide bonds. The Kier molecular flexibility index (Phi) is 3.56. The monoisotopic (exact) mass is 338 g/mol. The summed E-state index contributed by atoms with van der Waals surface area (Å²) < 4.78 is 1.11. The molecule has 0 aliphatic heterocycles. The van der Waals surface area contributed by atoms with E-state index >= 15 is 0 Å². The number of thiophene rings is 1. The molecular formula is C13H15BrN4S. The molecule has 3 N–H and O–H groups in total. The van der Waals surface area contributed by atoms with Crippen molar-refractivity contribution < 1.29 is 0 Å². The van der Waals surface area contributed by atoms with Gasteiger partial charge in [-0.05, 0) is 54.6 Å². The van der Waals surface area contributed by atoms with Gasteiger partial charge in [0.2, 0.25) is 0 Å². The number of fused-ring (bicyclic) bond motifs is 1. The van der Waals surface area contributed by atoms with Gasteiger partial charge >= 0.3 is 0 Å². The number of rotatable bonds is 2. The molecule has 0 atom stereocenters. The topological polar surface area (TPSA) is 63.8 Å². The average Bonchev–Trinajstić information content (AvgIpc) is 2.77. The number of aromatic nitrogens is 2. The Hall–Kier alpha value is -0.980. The molecule has 19 heavy (non-hydrogen) atoms. The van der Waals surface area contributed by atoms with Crippen molar-refractivity contribution in [3.8, 4) is 10.7 Å². The van der Waals surface area contributed by atoms with Crippen LogP contribution in [-0.4, -0.2) is 9.97 Å². The molecule has 1 aliphatic carbocycles. The molecule has 0 fully saturated rings.